The van der Waals surface area contributed by atoms with Gasteiger partial charge in [-0.1, -0.05) is 24.3 Å². The summed E-state index contributed by atoms with van der Waals surface area (Å²) in [6.07, 6.45) is 0.990. The molecule has 132 valence electrons. The van der Waals surface area contributed by atoms with E-state index in [1.54, 1.807) is 31.3 Å². The van der Waals surface area contributed by atoms with Crippen LogP contribution in [-0.2, 0) is 6.54 Å². The summed E-state index contributed by atoms with van der Waals surface area (Å²) in [5.74, 6) is 0.423. The fraction of sp³-hybridized carbons (Fsp3) is 0.105. The predicted octanol–water partition coefficient (Wildman–Crippen LogP) is 3.02. The lowest BCUT2D eigenvalue weighted by Gasteiger charge is -2.16. The molecule has 0 aliphatic rings. The lowest BCUT2D eigenvalue weighted by molar-refractivity contribution is 0.628. The largest absolute Gasteiger partial charge is 0.378 e. The summed E-state index contributed by atoms with van der Waals surface area (Å²) in [6.45, 7) is 0.209. The molecule has 0 aliphatic carbocycles. The molecule has 0 unspecified atom stereocenters. The standard InChI is InChI=1S/C19H18FN5O/c1-22-18-16(11-21)19(26)25(15-8-3-2-4-9-15)17(24-18)12-23-14-7-5-6-13(20)10-14/h2-11,21-23H,12H2,1H3. The van der Waals surface area contributed by atoms with Crippen LogP contribution in [0.2, 0.25) is 0 Å². The Labute approximate surface area is 149 Å². The van der Waals surface area contributed by atoms with E-state index in [2.05, 4.69) is 15.6 Å². The third kappa shape index (κ3) is 3.46. The predicted molar refractivity (Wildman–Crippen MR) is 101 cm³/mol. The van der Waals surface area contributed by atoms with E-state index in [4.69, 9.17) is 5.41 Å². The first kappa shape index (κ1) is 17.3. The average Bonchev–Trinajstić information content (AvgIpc) is 2.66. The van der Waals surface area contributed by atoms with E-state index in [-0.39, 0.29) is 23.5 Å². The molecule has 0 spiro atoms. The Bertz CT molecular complexity index is 985. The Morgan fingerprint density at radius 3 is 2.62 bits per heavy atom. The average molecular weight is 351 g/mol. The Kier molecular flexibility index (Phi) is 5.07. The highest BCUT2D eigenvalue weighted by atomic mass is 19.1. The molecular formula is C19H18FN5O. The van der Waals surface area contributed by atoms with E-state index in [1.807, 2.05) is 18.2 Å². The van der Waals surface area contributed by atoms with E-state index in [0.29, 0.717) is 23.0 Å². The molecule has 2 aromatic carbocycles. The number of hydrogen-bond acceptors (Lipinski definition) is 5. The molecule has 3 aromatic rings. The summed E-state index contributed by atoms with van der Waals surface area (Å²) < 4.78 is 14.8. The summed E-state index contributed by atoms with van der Waals surface area (Å²) in [7, 11) is 1.64. The second kappa shape index (κ2) is 7.60. The van der Waals surface area contributed by atoms with Gasteiger partial charge in [0.05, 0.1) is 12.2 Å². The van der Waals surface area contributed by atoms with Crippen molar-refractivity contribution in [3.63, 3.8) is 0 Å². The van der Waals surface area contributed by atoms with Crippen LogP contribution in [0.4, 0.5) is 15.9 Å². The van der Waals surface area contributed by atoms with Crippen LogP contribution < -0.4 is 16.2 Å². The fourth-order valence-corrected chi connectivity index (χ4v) is 2.64. The maximum Gasteiger partial charge on any atom is 0.269 e. The van der Waals surface area contributed by atoms with Crippen LogP contribution in [0.3, 0.4) is 0 Å². The van der Waals surface area contributed by atoms with E-state index in [0.717, 1.165) is 6.21 Å². The van der Waals surface area contributed by atoms with Gasteiger partial charge >= 0.3 is 0 Å². The molecule has 0 atom stereocenters. The van der Waals surface area contributed by atoms with Crippen molar-refractivity contribution in [3.05, 3.63) is 82.2 Å². The Morgan fingerprint density at radius 1 is 1.19 bits per heavy atom. The van der Waals surface area contributed by atoms with Crippen LogP contribution in [-0.4, -0.2) is 22.8 Å². The molecule has 0 amide bonds. The number of benzene rings is 2. The second-order valence-corrected chi connectivity index (χ2v) is 5.52. The fourth-order valence-electron chi connectivity index (χ4n) is 2.64. The maximum absolute atomic E-state index is 13.4. The van der Waals surface area contributed by atoms with Crippen molar-refractivity contribution in [1.29, 1.82) is 5.41 Å². The minimum atomic E-state index is -0.349. The third-order valence-corrected chi connectivity index (χ3v) is 3.86. The van der Waals surface area contributed by atoms with Gasteiger partial charge in [-0.25, -0.2) is 9.37 Å². The van der Waals surface area contributed by atoms with Gasteiger partial charge in [-0.05, 0) is 30.3 Å². The molecule has 0 fully saturated rings. The third-order valence-electron chi connectivity index (χ3n) is 3.86. The minimum absolute atomic E-state index is 0.172. The van der Waals surface area contributed by atoms with Gasteiger partial charge in [0.1, 0.15) is 23.0 Å². The summed E-state index contributed by atoms with van der Waals surface area (Å²) in [6, 6.07) is 15.2. The van der Waals surface area contributed by atoms with Crippen molar-refractivity contribution in [2.45, 2.75) is 6.54 Å². The molecule has 7 heteroatoms. The van der Waals surface area contributed by atoms with Crippen molar-refractivity contribution in [3.8, 4) is 5.69 Å². The lowest BCUT2D eigenvalue weighted by atomic mass is 10.2. The SMILES string of the molecule is CNc1nc(CNc2cccc(F)c2)n(-c2ccccc2)c(=O)c1C=N. The highest BCUT2D eigenvalue weighted by Gasteiger charge is 2.15. The number of anilines is 2. The Morgan fingerprint density at radius 2 is 1.96 bits per heavy atom. The quantitative estimate of drug-likeness (QED) is 0.596. The van der Waals surface area contributed by atoms with Gasteiger partial charge in [-0.15, -0.1) is 0 Å². The van der Waals surface area contributed by atoms with E-state index in [1.165, 1.54) is 16.7 Å². The molecule has 26 heavy (non-hydrogen) atoms. The first-order valence-corrected chi connectivity index (χ1v) is 8.03. The topological polar surface area (TPSA) is 82.8 Å². The molecular weight excluding hydrogens is 333 g/mol. The number of nitrogens with one attached hydrogen (secondary N) is 3. The van der Waals surface area contributed by atoms with Crippen LogP contribution >= 0.6 is 0 Å². The van der Waals surface area contributed by atoms with Gasteiger partial charge in [-0.2, -0.15) is 0 Å². The number of para-hydroxylation sites is 1. The van der Waals surface area contributed by atoms with Crippen molar-refractivity contribution >= 4 is 17.7 Å². The van der Waals surface area contributed by atoms with Gasteiger partial charge in [-0.3, -0.25) is 9.36 Å². The van der Waals surface area contributed by atoms with E-state index < -0.39 is 0 Å². The molecule has 0 saturated carbocycles. The summed E-state index contributed by atoms with van der Waals surface area (Å²) >= 11 is 0. The van der Waals surface area contributed by atoms with E-state index >= 15 is 0 Å². The smallest absolute Gasteiger partial charge is 0.269 e. The molecule has 0 radical (unpaired) electrons. The Hall–Kier alpha value is -3.48. The van der Waals surface area contributed by atoms with Crippen molar-refractivity contribution in [1.82, 2.24) is 9.55 Å². The number of halogens is 1. The molecule has 3 rings (SSSR count). The highest BCUT2D eigenvalue weighted by Crippen LogP contribution is 2.15. The van der Waals surface area contributed by atoms with Crippen LogP contribution in [0.15, 0.2) is 59.4 Å². The molecule has 1 aromatic heterocycles. The van der Waals surface area contributed by atoms with Gasteiger partial charge < -0.3 is 16.0 Å². The van der Waals surface area contributed by atoms with Crippen molar-refractivity contribution in [2.75, 3.05) is 17.7 Å². The number of rotatable bonds is 6. The van der Waals surface area contributed by atoms with Crippen LogP contribution in [0.5, 0.6) is 0 Å². The van der Waals surface area contributed by atoms with Crippen LogP contribution in [0, 0.1) is 11.2 Å². The molecule has 0 bridgehead atoms. The lowest BCUT2D eigenvalue weighted by Crippen LogP contribution is -2.29. The zero-order chi connectivity index (χ0) is 18.5. The van der Waals surface area contributed by atoms with Gasteiger partial charge in [0, 0.05) is 18.9 Å². The normalized spacial score (nSPS) is 10.4. The molecule has 3 N–H and O–H groups in total. The summed E-state index contributed by atoms with van der Waals surface area (Å²) in [5.41, 5.74) is 1.06. The van der Waals surface area contributed by atoms with Crippen LogP contribution in [0.1, 0.15) is 11.4 Å². The van der Waals surface area contributed by atoms with Crippen molar-refractivity contribution in [2.24, 2.45) is 0 Å². The summed E-state index contributed by atoms with van der Waals surface area (Å²) in [5, 5.41) is 13.5. The highest BCUT2D eigenvalue weighted by molar-refractivity contribution is 5.83. The number of hydrogen-bond donors (Lipinski definition) is 3. The van der Waals surface area contributed by atoms with Gasteiger partial charge in [0.25, 0.3) is 5.56 Å². The Balaban J connectivity index is 2.09. The summed E-state index contributed by atoms with van der Waals surface area (Å²) in [4.78, 5) is 17.4. The van der Waals surface area contributed by atoms with E-state index in [9.17, 15) is 9.18 Å². The second-order valence-electron chi connectivity index (χ2n) is 5.52. The van der Waals surface area contributed by atoms with Gasteiger partial charge in [0.15, 0.2) is 0 Å². The molecule has 1 heterocycles. The zero-order valence-corrected chi connectivity index (χ0v) is 14.2. The zero-order valence-electron chi connectivity index (χ0n) is 14.2. The number of aromatic nitrogens is 2. The first-order valence-electron chi connectivity index (χ1n) is 8.03. The molecule has 0 aliphatic heterocycles. The van der Waals surface area contributed by atoms with Crippen LogP contribution in [0.25, 0.3) is 5.69 Å². The monoisotopic (exact) mass is 351 g/mol. The maximum atomic E-state index is 13.4. The molecule has 6 nitrogen and oxygen atoms in total. The molecule has 0 saturated heterocycles. The van der Waals surface area contributed by atoms with Crippen molar-refractivity contribution < 1.29 is 4.39 Å². The number of nitrogens with zero attached hydrogens (tertiary/aromatic N) is 2. The first-order chi connectivity index (χ1) is 12.6. The van der Waals surface area contributed by atoms with Gasteiger partial charge in [0.2, 0.25) is 0 Å². The minimum Gasteiger partial charge on any atom is -0.378 e.